The summed E-state index contributed by atoms with van der Waals surface area (Å²) in [6, 6.07) is 8.43. The van der Waals surface area contributed by atoms with E-state index in [1.807, 2.05) is 25.1 Å². The van der Waals surface area contributed by atoms with E-state index in [1.54, 1.807) is 30.5 Å². The maximum Gasteiger partial charge on any atom is 0.240 e. The standard InChI is InChI=1S/C16H20N2O4S/c1-18(2)14(16-4-3-8-21-16)11-17-23(19,20)13-5-6-15-12(10-13)7-9-22-15/h3-6,8,10,14,17H,7,9,11H2,1-2H3/t14-/m1/s1. The summed E-state index contributed by atoms with van der Waals surface area (Å²) in [4.78, 5) is 2.18. The molecule has 124 valence electrons. The van der Waals surface area contributed by atoms with Crippen LogP contribution in [0.2, 0.25) is 0 Å². The number of nitrogens with one attached hydrogen (secondary N) is 1. The summed E-state index contributed by atoms with van der Waals surface area (Å²) >= 11 is 0. The quantitative estimate of drug-likeness (QED) is 0.871. The van der Waals surface area contributed by atoms with Gasteiger partial charge in [-0.05, 0) is 50.0 Å². The predicted octanol–water partition coefficient (Wildman–Crippen LogP) is 1.80. The Morgan fingerprint density at radius 3 is 2.83 bits per heavy atom. The highest BCUT2D eigenvalue weighted by Crippen LogP contribution is 2.27. The molecule has 7 heteroatoms. The van der Waals surface area contributed by atoms with Gasteiger partial charge in [0.2, 0.25) is 10.0 Å². The lowest BCUT2D eigenvalue weighted by Gasteiger charge is -2.22. The second kappa shape index (κ2) is 6.35. The first-order valence-electron chi connectivity index (χ1n) is 7.42. The summed E-state index contributed by atoms with van der Waals surface area (Å²) in [5.41, 5.74) is 0.933. The molecule has 1 aliphatic rings. The lowest BCUT2D eigenvalue weighted by molar-refractivity contribution is 0.259. The largest absolute Gasteiger partial charge is 0.493 e. The highest BCUT2D eigenvalue weighted by molar-refractivity contribution is 7.89. The number of likely N-dealkylation sites (N-methyl/N-ethyl adjacent to an activating group) is 1. The lowest BCUT2D eigenvalue weighted by atomic mass is 10.2. The number of hydrogen-bond donors (Lipinski definition) is 1. The van der Waals surface area contributed by atoms with Crippen LogP contribution < -0.4 is 9.46 Å². The number of sulfonamides is 1. The molecule has 0 aliphatic carbocycles. The van der Waals surface area contributed by atoms with Gasteiger partial charge in [-0.15, -0.1) is 0 Å². The maximum atomic E-state index is 12.5. The lowest BCUT2D eigenvalue weighted by Crippen LogP contribution is -2.34. The first-order chi connectivity index (χ1) is 11.0. The van der Waals surface area contributed by atoms with E-state index in [2.05, 4.69) is 4.72 Å². The molecule has 0 saturated heterocycles. The molecule has 0 bridgehead atoms. The molecule has 0 radical (unpaired) electrons. The molecule has 0 unspecified atom stereocenters. The molecule has 1 aromatic heterocycles. The van der Waals surface area contributed by atoms with E-state index in [-0.39, 0.29) is 17.5 Å². The van der Waals surface area contributed by atoms with Gasteiger partial charge in [-0.1, -0.05) is 0 Å². The number of fused-ring (bicyclic) bond motifs is 1. The fourth-order valence-corrected chi connectivity index (χ4v) is 3.71. The minimum atomic E-state index is -3.58. The Kier molecular flexibility index (Phi) is 4.43. The van der Waals surface area contributed by atoms with Crippen molar-refractivity contribution >= 4 is 10.0 Å². The third kappa shape index (κ3) is 3.41. The van der Waals surface area contributed by atoms with E-state index in [0.29, 0.717) is 6.61 Å². The molecule has 0 spiro atoms. The predicted molar refractivity (Wildman–Crippen MR) is 86.0 cm³/mol. The minimum Gasteiger partial charge on any atom is -0.493 e. The fourth-order valence-electron chi connectivity index (χ4n) is 2.62. The topological polar surface area (TPSA) is 71.8 Å². The van der Waals surface area contributed by atoms with Crippen LogP contribution in [-0.4, -0.2) is 40.6 Å². The Hall–Kier alpha value is -1.83. The van der Waals surface area contributed by atoms with E-state index in [1.165, 1.54) is 0 Å². The number of furan rings is 1. The molecule has 2 aromatic rings. The molecular formula is C16H20N2O4S. The van der Waals surface area contributed by atoms with Crippen LogP contribution >= 0.6 is 0 Å². The zero-order valence-electron chi connectivity index (χ0n) is 13.2. The van der Waals surface area contributed by atoms with E-state index < -0.39 is 10.0 Å². The highest BCUT2D eigenvalue weighted by atomic mass is 32.2. The molecule has 0 fully saturated rings. The Morgan fingerprint density at radius 1 is 1.30 bits per heavy atom. The molecule has 0 saturated carbocycles. The van der Waals surface area contributed by atoms with Gasteiger partial charge in [0.1, 0.15) is 11.5 Å². The summed E-state index contributed by atoms with van der Waals surface area (Å²) in [7, 11) is 0.191. The van der Waals surface area contributed by atoms with Crippen LogP contribution in [0.5, 0.6) is 5.75 Å². The fraction of sp³-hybridized carbons (Fsp3) is 0.375. The van der Waals surface area contributed by atoms with Gasteiger partial charge >= 0.3 is 0 Å². The van der Waals surface area contributed by atoms with Crippen molar-refractivity contribution in [2.75, 3.05) is 27.2 Å². The van der Waals surface area contributed by atoms with Crippen LogP contribution in [0.25, 0.3) is 0 Å². The summed E-state index contributed by atoms with van der Waals surface area (Å²) in [6.45, 7) is 0.837. The molecule has 2 heterocycles. The minimum absolute atomic E-state index is 0.169. The zero-order valence-corrected chi connectivity index (χ0v) is 14.0. The highest BCUT2D eigenvalue weighted by Gasteiger charge is 2.23. The number of ether oxygens (including phenoxy) is 1. The van der Waals surface area contributed by atoms with Crippen molar-refractivity contribution in [3.8, 4) is 5.75 Å². The van der Waals surface area contributed by atoms with Crippen molar-refractivity contribution in [1.29, 1.82) is 0 Å². The first-order valence-corrected chi connectivity index (χ1v) is 8.91. The molecular weight excluding hydrogens is 316 g/mol. The van der Waals surface area contributed by atoms with Gasteiger partial charge in [-0.3, -0.25) is 4.90 Å². The number of hydrogen-bond acceptors (Lipinski definition) is 5. The van der Waals surface area contributed by atoms with E-state index in [4.69, 9.17) is 9.15 Å². The normalized spacial score (nSPS) is 15.4. The number of nitrogens with zero attached hydrogens (tertiary/aromatic N) is 1. The number of benzene rings is 1. The van der Waals surface area contributed by atoms with Crippen LogP contribution in [0, 0.1) is 0 Å². The van der Waals surface area contributed by atoms with Gasteiger partial charge in [0, 0.05) is 13.0 Å². The second-order valence-electron chi connectivity index (χ2n) is 5.71. The molecule has 3 rings (SSSR count). The van der Waals surface area contributed by atoms with Crippen molar-refractivity contribution in [3.63, 3.8) is 0 Å². The maximum absolute atomic E-state index is 12.5. The van der Waals surface area contributed by atoms with Crippen LogP contribution in [0.4, 0.5) is 0 Å². The molecule has 1 aromatic carbocycles. The summed E-state index contributed by atoms with van der Waals surface area (Å²) in [5, 5.41) is 0. The molecule has 23 heavy (non-hydrogen) atoms. The van der Waals surface area contributed by atoms with Crippen LogP contribution in [0.1, 0.15) is 17.4 Å². The summed E-state index contributed by atoms with van der Waals surface area (Å²) < 4.78 is 38.5. The molecule has 6 nitrogen and oxygen atoms in total. The molecule has 1 atom stereocenters. The van der Waals surface area contributed by atoms with Crippen molar-refractivity contribution in [3.05, 3.63) is 47.9 Å². The van der Waals surface area contributed by atoms with E-state index in [0.717, 1.165) is 23.5 Å². The monoisotopic (exact) mass is 336 g/mol. The van der Waals surface area contributed by atoms with Crippen molar-refractivity contribution in [2.45, 2.75) is 17.4 Å². The third-order valence-corrected chi connectivity index (χ3v) is 5.35. The van der Waals surface area contributed by atoms with Crippen LogP contribution in [0.15, 0.2) is 45.9 Å². The third-order valence-electron chi connectivity index (χ3n) is 3.93. The Balaban J connectivity index is 1.76. The molecule has 0 amide bonds. The van der Waals surface area contributed by atoms with E-state index in [9.17, 15) is 8.42 Å². The average Bonchev–Trinajstić information content (AvgIpc) is 3.17. The zero-order chi connectivity index (χ0) is 16.4. The van der Waals surface area contributed by atoms with Crippen molar-refractivity contribution in [1.82, 2.24) is 9.62 Å². The SMILES string of the molecule is CN(C)[C@H](CNS(=O)(=O)c1ccc2c(c1)CCO2)c1ccco1. The summed E-state index contributed by atoms with van der Waals surface area (Å²) in [5.74, 6) is 1.49. The van der Waals surface area contributed by atoms with Crippen LogP contribution in [0.3, 0.4) is 0 Å². The van der Waals surface area contributed by atoms with Gasteiger partial charge in [0.15, 0.2) is 0 Å². The van der Waals surface area contributed by atoms with Crippen LogP contribution in [-0.2, 0) is 16.4 Å². The van der Waals surface area contributed by atoms with Gasteiger partial charge in [0.05, 0.1) is 23.8 Å². The number of rotatable bonds is 6. The molecule has 1 aliphatic heterocycles. The first kappa shape index (κ1) is 16.0. The van der Waals surface area contributed by atoms with Gasteiger partial charge in [-0.2, -0.15) is 0 Å². The van der Waals surface area contributed by atoms with Gasteiger partial charge in [-0.25, -0.2) is 13.1 Å². The van der Waals surface area contributed by atoms with Gasteiger partial charge < -0.3 is 9.15 Å². The Morgan fingerprint density at radius 2 is 2.13 bits per heavy atom. The van der Waals surface area contributed by atoms with Crippen molar-refractivity contribution in [2.24, 2.45) is 0 Å². The van der Waals surface area contributed by atoms with Crippen molar-refractivity contribution < 1.29 is 17.6 Å². The molecule has 1 N–H and O–H groups in total. The Labute approximate surface area is 136 Å². The smallest absolute Gasteiger partial charge is 0.240 e. The van der Waals surface area contributed by atoms with E-state index >= 15 is 0 Å². The average molecular weight is 336 g/mol. The second-order valence-corrected chi connectivity index (χ2v) is 7.48. The summed E-state index contributed by atoms with van der Waals surface area (Å²) in [6.07, 6.45) is 2.33. The Bertz CT molecular complexity index is 769. The van der Waals surface area contributed by atoms with Gasteiger partial charge in [0.25, 0.3) is 0 Å².